The zero-order chi connectivity index (χ0) is 16.4. The van der Waals surface area contributed by atoms with E-state index in [4.69, 9.17) is 5.11 Å². The minimum absolute atomic E-state index is 0.123. The zero-order valence-corrected chi connectivity index (χ0v) is 12.4. The van der Waals surface area contributed by atoms with Gasteiger partial charge in [-0.05, 0) is 23.6 Å². The van der Waals surface area contributed by atoms with Crippen molar-refractivity contribution in [2.75, 3.05) is 18.1 Å². The summed E-state index contributed by atoms with van der Waals surface area (Å²) >= 11 is 0. The van der Waals surface area contributed by atoms with Crippen LogP contribution in [0.25, 0.3) is 0 Å². The second-order valence-electron chi connectivity index (χ2n) is 5.52. The van der Waals surface area contributed by atoms with Gasteiger partial charge in [-0.2, -0.15) is 0 Å². The average molecular weight is 312 g/mol. The summed E-state index contributed by atoms with van der Waals surface area (Å²) in [6, 6.07) is 12.1. The molecule has 0 aliphatic carbocycles. The highest BCUT2D eigenvalue weighted by atomic mass is 16.6. The number of benzene rings is 2. The third-order valence-corrected chi connectivity index (χ3v) is 4.06. The summed E-state index contributed by atoms with van der Waals surface area (Å²) in [5, 5.41) is 19.7. The summed E-state index contributed by atoms with van der Waals surface area (Å²) in [4.78, 5) is 24.0. The fourth-order valence-corrected chi connectivity index (χ4v) is 2.84. The van der Waals surface area contributed by atoms with E-state index in [2.05, 4.69) is 4.90 Å². The van der Waals surface area contributed by atoms with Crippen LogP contribution in [-0.2, 0) is 13.0 Å². The van der Waals surface area contributed by atoms with Gasteiger partial charge in [0, 0.05) is 36.5 Å². The van der Waals surface area contributed by atoms with Crippen molar-refractivity contribution in [3.05, 3.63) is 69.3 Å². The molecular weight excluding hydrogens is 296 g/mol. The SMILES string of the molecule is O=C(CO)c1ccc(CN2CCc3cc([N+](=O)[O-])ccc32)cc1. The predicted octanol–water partition coefficient (Wildman–Crippen LogP) is 2.33. The van der Waals surface area contributed by atoms with Gasteiger partial charge in [-0.25, -0.2) is 0 Å². The fourth-order valence-electron chi connectivity index (χ4n) is 2.84. The lowest BCUT2D eigenvalue weighted by atomic mass is 10.1. The summed E-state index contributed by atoms with van der Waals surface area (Å²) in [6.45, 7) is 1.00. The zero-order valence-electron chi connectivity index (χ0n) is 12.4. The van der Waals surface area contributed by atoms with Gasteiger partial charge in [0.2, 0.25) is 0 Å². The molecule has 0 saturated heterocycles. The number of ketones is 1. The molecule has 0 saturated carbocycles. The number of aliphatic hydroxyl groups excluding tert-OH is 1. The molecule has 0 aromatic heterocycles. The first-order valence-corrected chi connectivity index (χ1v) is 7.34. The summed E-state index contributed by atoms with van der Waals surface area (Å²) in [7, 11) is 0. The van der Waals surface area contributed by atoms with Crippen LogP contribution >= 0.6 is 0 Å². The Balaban J connectivity index is 1.76. The molecule has 2 aromatic carbocycles. The van der Waals surface area contributed by atoms with Crippen molar-refractivity contribution >= 4 is 17.2 Å². The minimum atomic E-state index is -0.488. The molecule has 1 aliphatic heterocycles. The predicted molar refractivity (Wildman–Crippen MR) is 85.7 cm³/mol. The van der Waals surface area contributed by atoms with Crippen molar-refractivity contribution in [3.63, 3.8) is 0 Å². The highest BCUT2D eigenvalue weighted by molar-refractivity contribution is 5.96. The van der Waals surface area contributed by atoms with E-state index in [0.717, 1.165) is 29.8 Å². The number of carbonyl (C=O) groups is 1. The number of hydrogen-bond donors (Lipinski definition) is 1. The highest BCUT2D eigenvalue weighted by Gasteiger charge is 2.21. The number of Topliss-reactive ketones (excluding diaryl/α,β-unsaturated/α-hetero) is 1. The number of anilines is 1. The number of carbonyl (C=O) groups excluding carboxylic acids is 1. The van der Waals surface area contributed by atoms with Crippen molar-refractivity contribution in [3.8, 4) is 0 Å². The molecule has 6 nitrogen and oxygen atoms in total. The van der Waals surface area contributed by atoms with Crippen LogP contribution in [0.3, 0.4) is 0 Å². The van der Waals surface area contributed by atoms with Crippen molar-refractivity contribution in [1.82, 2.24) is 0 Å². The molecule has 1 N–H and O–H groups in total. The van der Waals surface area contributed by atoms with Crippen molar-refractivity contribution in [1.29, 1.82) is 0 Å². The Hall–Kier alpha value is -2.73. The second kappa shape index (κ2) is 6.18. The maximum Gasteiger partial charge on any atom is 0.269 e. The van der Waals surface area contributed by atoms with E-state index < -0.39 is 6.61 Å². The molecule has 6 heteroatoms. The third kappa shape index (κ3) is 3.07. The molecule has 0 fully saturated rings. The summed E-state index contributed by atoms with van der Waals surface area (Å²) in [5.41, 5.74) is 3.68. The average Bonchev–Trinajstić information content (AvgIpc) is 2.97. The molecule has 0 amide bonds. The molecule has 118 valence electrons. The number of aliphatic hydroxyl groups is 1. The highest BCUT2D eigenvalue weighted by Crippen LogP contribution is 2.32. The van der Waals surface area contributed by atoms with E-state index in [1.807, 2.05) is 12.1 Å². The number of hydrogen-bond acceptors (Lipinski definition) is 5. The van der Waals surface area contributed by atoms with Gasteiger partial charge in [-0.15, -0.1) is 0 Å². The van der Waals surface area contributed by atoms with Crippen LogP contribution in [0, 0.1) is 10.1 Å². The third-order valence-electron chi connectivity index (χ3n) is 4.06. The summed E-state index contributed by atoms with van der Waals surface area (Å²) in [5.74, 6) is -0.296. The standard InChI is InChI=1S/C17H16N2O4/c20-11-17(21)13-3-1-12(2-4-13)10-18-8-7-14-9-15(19(22)23)5-6-16(14)18/h1-6,9,20H,7-8,10-11H2. The number of nitro benzene ring substituents is 1. The van der Waals surface area contributed by atoms with Gasteiger partial charge in [-0.3, -0.25) is 14.9 Å². The molecule has 1 heterocycles. The van der Waals surface area contributed by atoms with Gasteiger partial charge in [0.15, 0.2) is 5.78 Å². The molecule has 2 aromatic rings. The van der Waals surface area contributed by atoms with Crippen molar-refractivity contribution < 1.29 is 14.8 Å². The lowest BCUT2D eigenvalue weighted by molar-refractivity contribution is -0.384. The Morgan fingerprint density at radius 2 is 1.96 bits per heavy atom. The molecule has 0 radical (unpaired) electrons. The topological polar surface area (TPSA) is 83.7 Å². The Kier molecular flexibility index (Phi) is 4.08. The van der Waals surface area contributed by atoms with Gasteiger partial charge in [0.05, 0.1) is 4.92 Å². The van der Waals surface area contributed by atoms with Crippen LogP contribution in [0.15, 0.2) is 42.5 Å². The molecule has 0 atom stereocenters. The number of nitrogens with zero attached hydrogens (tertiary/aromatic N) is 2. The first-order chi connectivity index (χ1) is 11.1. The normalized spacial score (nSPS) is 13.0. The number of non-ortho nitro benzene ring substituents is 1. The van der Waals surface area contributed by atoms with Gasteiger partial charge >= 0.3 is 0 Å². The van der Waals surface area contributed by atoms with Crippen LogP contribution in [-0.4, -0.2) is 29.0 Å². The van der Waals surface area contributed by atoms with Crippen LogP contribution in [0.1, 0.15) is 21.5 Å². The Morgan fingerprint density at radius 3 is 2.61 bits per heavy atom. The van der Waals surface area contributed by atoms with Gasteiger partial charge in [-0.1, -0.05) is 24.3 Å². The van der Waals surface area contributed by atoms with E-state index >= 15 is 0 Å². The molecule has 3 rings (SSSR count). The van der Waals surface area contributed by atoms with Gasteiger partial charge < -0.3 is 10.0 Å². The first-order valence-electron chi connectivity index (χ1n) is 7.34. The monoisotopic (exact) mass is 312 g/mol. The molecule has 0 unspecified atom stereocenters. The van der Waals surface area contributed by atoms with E-state index in [9.17, 15) is 14.9 Å². The molecule has 0 spiro atoms. The van der Waals surface area contributed by atoms with Crippen LogP contribution in [0.4, 0.5) is 11.4 Å². The summed E-state index contributed by atoms with van der Waals surface area (Å²) < 4.78 is 0. The Morgan fingerprint density at radius 1 is 1.22 bits per heavy atom. The first kappa shape index (κ1) is 15.2. The lowest BCUT2D eigenvalue weighted by Crippen LogP contribution is -2.19. The maximum atomic E-state index is 11.4. The maximum absolute atomic E-state index is 11.4. The van der Waals surface area contributed by atoms with E-state index in [-0.39, 0.29) is 16.4 Å². The molecule has 23 heavy (non-hydrogen) atoms. The quantitative estimate of drug-likeness (QED) is 0.520. The number of rotatable bonds is 5. The number of fused-ring (bicyclic) bond motifs is 1. The van der Waals surface area contributed by atoms with E-state index in [0.29, 0.717) is 12.1 Å². The number of nitro groups is 1. The minimum Gasteiger partial charge on any atom is -0.388 e. The molecule has 1 aliphatic rings. The Labute approximate surface area is 133 Å². The van der Waals surface area contributed by atoms with E-state index in [1.54, 1.807) is 24.3 Å². The van der Waals surface area contributed by atoms with Crippen LogP contribution < -0.4 is 4.90 Å². The van der Waals surface area contributed by atoms with Crippen LogP contribution in [0.2, 0.25) is 0 Å². The second-order valence-corrected chi connectivity index (χ2v) is 5.52. The Bertz CT molecular complexity index is 756. The smallest absolute Gasteiger partial charge is 0.269 e. The lowest BCUT2D eigenvalue weighted by Gasteiger charge is -2.19. The van der Waals surface area contributed by atoms with Crippen molar-refractivity contribution in [2.45, 2.75) is 13.0 Å². The molecule has 0 bridgehead atoms. The van der Waals surface area contributed by atoms with Gasteiger partial charge in [0.1, 0.15) is 6.61 Å². The fraction of sp³-hybridized carbons (Fsp3) is 0.235. The van der Waals surface area contributed by atoms with Gasteiger partial charge in [0.25, 0.3) is 5.69 Å². The largest absolute Gasteiger partial charge is 0.388 e. The summed E-state index contributed by atoms with van der Waals surface area (Å²) in [6.07, 6.45) is 0.790. The van der Waals surface area contributed by atoms with Crippen LogP contribution in [0.5, 0.6) is 0 Å². The molecular formula is C17H16N2O4. The van der Waals surface area contributed by atoms with E-state index in [1.165, 1.54) is 6.07 Å². The van der Waals surface area contributed by atoms with Crippen molar-refractivity contribution in [2.24, 2.45) is 0 Å².